The fourth-order valence-corrected chi connectivity index (χ4v) is 2.02. The van der Waals surface area contributed by atoms with Crippen LogP contribution in [0.25, 0.3) is 5.95 Å². The Labute approximate surface area is 125 Å². The van der Waals surface area contributed by atoms with Crippen LogP contribution < -0.4 is 5.32 Å². The summed E-state index contributed by atoms with van der Waals surface area (Å²) in [7, 11) is 0. The number of anilines is 1. The predicted molar refractivity (Wildman–Crippen MR) is 73.5 cm³/mol. The van der Waals surface area contributed by atoms with Crippen LogP contribution in [0.3, 0.4) is 0 Å². The van der Waals surface area contributed by atoms with Crippen molar-refractivity contribution in [2.45, 2.75) is 20.0 Å². The number of hydrogen-bond acceptors (Lipinski definition) is 7. The Morgan fingerprint density at radius 2 is 2.09 bits per heavy atom. The van der Waals surface area contributed by atoms with Gasteiger partial charge in [0.15, 0.2) is 0 Å². The van der Waals surface area contributed by atoms with E-state index >= 15 is 0 Å². The van der Waals surface area contributed by atoms with Crippen molar-refractivity contribution >= 4 is 17.9 Å². The molecule has 0 bridgehead atoms. The standard InChI is InChI=1S/C13H13N5O4/c1-7-5-8(2)16-12(15-7)18-10(3-4-14-18)17-11(19)9-6-21-13(20)22-9/h3-5,9H,6H2,1-2H3,(H,17,19). The molecule has 1 aliphatic rings. The molecule has 1 amide bonds. The normalized spacial score (nSPS) is 17.0. The number of aryl methyl sites for hydroxylation is 2. The lowest BCUT2D eigenvalue weighted by molar-refractivity contribution is -0.122. The second-order valence-corrected chi connectivity index (χ2v) is 4.74. The molecule has 0 aliphatic carbocycles. The first-order valence-electron chi connectivity index (χ1n) is 6.54. The van der Waals surface area contributed by atoms with Gasteiger partial charge >= 0.3 is 6.16 Å². The molecular formula is C13H13N5O4. The van der Waals surface area contributed by atoms with Gasteiger partial charge in [0.1, 0.15) is 12.4 Å². The lowest BCUT2D eigenvalue weighted by Crippen LogP contribution is -2.30. The van der Waals surface area contributed by atoms with Crippen LogP contribution in [-0.2, 0) is 14.3 Å². The average molecular weight is 303 g/mol. The summed E-state index contributed by atoms with van der Waals surface area (Å²) in [6, 6.07) is 3.43. The highest BCUT2D eigenvalue weighted by molar-refractivity contribution is 5.95. The molecule has 2 aromatic heterocycles. The predicted octanol–water partition coefficient (Wildman–Crippen LogP) is 0.753. The van der Waals surface area contributed by atoms with Gasteiger partial charge in [-0.2, -0.15) is 9.78 Å². The van der Waals surface area contributed by atoms with Crippen LogP contribution in [-0.4, -0.2) is 44.5 Å². The molecule has 9 nitrogen and oxygen atoms in total. The minimum absolute atomic E-state index is 0.112. The number of carbonyl (C=O) groups excluding carboxylic acids is 2. The molecule has 1 unspecified atom stereocenters. The third-order valence-electron chi connectivity index (χ3n) is 2.94. The molecule has 0 saturated carbocycles. The second-order valence-electron chi connectivity index (χ2n) is 4.74. The maximum absolute atomic E-state index is 12.0. The number of aromatic nitrogens is 4. The Morgan fingerprint density at radius 1 is 1.36 bits per heavy atom. The molecule has 114 valence electrons. The number of nitrogens with one attached hydrogen (secondary N) is 1. The van der Waals surface area contributed by atoms with Crippen LogP contribution in [0.2, 0.25) is 0 Å². The number of carbonyl (C=O) groups is 2. The minimum atomic E-state index is -0.976. The molecule has 2 aromatic rings. The molecule has 1 atom stereocenters. The number of ether oxygens (including phenoxy) is 2. The zero-order valence-corrected chi connectivity index (χ0v) is 11.9. The third kappa shape index (κ3) is 2.73. The maximum Gasteiger partial charge on any atom is 0.509 e. The van der Waals surface area contributed by atoms with E-state index in [1.807, 2.05) is 19.9 Å². The number of cyclic esters (lactones) is 2. The first-order valence-corrected chi connectivity index (χ1v) is 6.54. The van der Waals surface area contributed by atoms with Gasteiger partial charge in [-0.3, -0.25) is 4.79 Å². The van der Waals surface area contributed by atoms with Gasteiger partial charge in [0.25, 0.3) is 11.9 Å². The van der Waals surface area contributed by atoms with Crippen molar-refractivity contribution in [2.75, 3.05) is 11.9 Å². The molecular weight excluding hydrogens is 290 g/mol. The lowest BCUT2D eigenvalue weighted by atomic mass is 10.3. The van der Waals surface area contributed by atoms with Crippen LogP contribution >= 0.6 is 0 Å². The maximum atomic E-state index is 12.0. The van der Waals surface area contributed by atoms with Gasteiger partial charge in [0.05, 0.1) is 6.20 Å². The summed E-state index contributed by atoms with van der Waals surface area (Å²) in [5.41, 5.74) is 1.57. The third-order valence-corrected chi connectivity index (χ3v) is 2.94. The summed E-state index contributed by atoms with van der Waals surface area (Å²) in [5.74, 6) is 0.215. The van der Waals surface area contributed by atoms with E-state index in [4.69, 9.17) is 4.74 Å². The largest absolute Gasteiger partial charge is 0.509 e. The number of hydrogen-bond donors (Lipinski definition) is 1. The Morgan fingerprint density at radius 3 is 2.73 bits per heavy atom. The lowest BCUT2D eigenvalue weighted by Gasteiger charge is -2.10. The first-order chi connectivity index (χ1) is 10.5. The van der Waals surface area contributed by atoms with E-state index in [1.165, 1.54) is 10.9 Å². The minimum Gasteiger partial charge on any atom is -0.430 e. The van der Waals surface area contributed by atoms with Crippen LogP contribution in [0.1, 0.15) is 11.4 Å². The highest BCUT2D eigenvalue weighted by Gasteiger charge is 2.32. The van der Waals surface area contributed by atoms with Crippen LogP contribution in [0.5, 0.6) is 0 Å². The van der Waals surface area contributed by atoms with E-state index in [1.54, 1.807) is 6.07 Å². The SMILES string of the molecule is Cc1cc(C)nc(-n2nccc2NC(=O)C2COC(=O)O2)n1. The van der Waals surface area contributed by atoms with E-state index in [-0.39, 0.29) is 6.61 Å². The fraction of sp³-hybridized carbons (Fsp3) is 0.308. The van der Waals surface area contributed by atoms with Gasteiger partial charge < -0.3 is 14.8 Å². The molecule has 3 rings (SSSR count). The Balaban J connectivity index is 1.83. The number of nitrogens with zero attached hydrogens (tertiary/aromatic N) is 4. The van der Waals surface area contributed by atoms with Crippen molar-refractivity contribution in [3.63, 3.8) is 0 Å². The summed E-state index contributed by atoms with van der Waals surface area (Å²) in [4.78, 5) is 31.5. The van der Waals surface area contributed by atoms with Crippen molar-refractivity contribution in [1.82, 2.24) is 19.7 Å². The summed E-state index contributed by atoms with van der Waals surface area (Å²) in [6.45, 7) is 3.57. The molecule has 3 heterocycles. The zero-order valence-electron chi connectivity index (χ0n) is 11.9. The Bertz CT molecular complexity index is 722. The number of amides is 1. The zero-order chi connectivity index (χ0) is 15.7. The quantitative estimate of drug-likeness (QED) is 0.833. The van der Waals surface area contributed by atoms with E-state index in [0.717, 1.165) is 11.4 Å². The molecule has 22 heavy (non-hydrogen) atoms. The highest BCUT2D eigenvalue weighted by Crippen LogP contribution is 2.14. The smallest absolute Gasteiger partial charge is 0.430 e. The molecule has 1 fully saturated rings. The second kappa shape index (κ2) is 5.43. The van der Waals surface area contributed by atoms with Crippen LogP contribution in [0.15, 0.2) is 18.3 Å². The molecule has 0 radical (unpaired) electrons. The summed E-state index contributed by atoms with van der Waals surface area (Å²) in [6.07, 6.45) is -0.323. The summed E-state index contributed by atoms with van der Waals surface area (Å²) >= 11 is 0. The van der Waals surface area contributed by atoms with Gasteiger partial charge in [-0.1, -0.05) is 0 Å². The van der Waals surface area contributed by atoms with E-state index in [9.17, 15) is 9.59 Å². The van der Waals surface area contributed by atoms with Crippen molar-refractivity contribution < 1.29 is 19.1 Å². The highest BCUT2D eigenvalue weighted by atomic mass is 16.8. The van der Waals surface area contributed by atoms with Gasteiger partial charge in [-0.05, 0) is 19.9 Å². The molecule has 1 aliphatic heterocycles. The number of rotatable bonds is 3. The van der Waals surface area contributed by atoms with E-state index < -0.39 is 18.2 Å². The summed E-state index contributed by atoms with van der Waals surface area (Å²) in [5, 5.41) is 6.72. The van der Waals surface area contributed by atoms with Gasteiger partial charge in [-0.15, -0.1) is 0 Å². The van der Waals surface area contributed by atoms with Gasteiger partial charge in [0.2, 0.25) is 6.10 Å². The van der Waals surface area contributed by atoms with Crippen molar-refractivity contribution in [2.24, 2.45) is 0 Å². The van der Waals surface area contributed by atoms with Gasteiger partial charge in [-0.25, -0.2) is 14.8 Å². The topological polar surface area (TPSA) is 108 Å². The van der Waals surface area contributed by atoms with Crippen molar-refractivity contribution in [3.05, 3.63) is 29.7 Å². The molecule has 0 aromatic carbocycles. The molecule has 0 spiro atoms. The first kappa shape index (κ1) is 14.0. The monoisotopic (exact) mass is 303 g/mol. The Hall–Kier alpha value is -2.97. The fourth-order valence-electron chi connectivity index (χ4n) is 2.02. The van der Waals surface area contributed by atoms with Crippen molar-refractivity contribution in [1.29, 1.82) is 0 Å². The van der Waals surface area contributed by atoms with E-state index in [0.29, 0.717) is 11.8 Å². The van der Waals surface area contributed by atoms with Crippen molar-refractivity contribution in [3.8, 4) is 5.95 Å². The van der Waals surface area contributed by atoms with Crippen LogP contribution in [0, 0.1) is 13.8 Å². The summed E-state index contributed by atoms with van der Waals surface area (Å²) < 4.78 is 10.7. The molecule has 1 saturated heterocycles. The Kier molecular flexibility index (Phi) is 3.45. The van der Waals surface area contributed by atoms with E-state index in [2.05, 4.69) is 25.1 Å². The van der Waals surface area contributed by atoms with Crippen LogP contribution in [0.4, 0.5) is 10.6 Å². The molecule has 1 N–H and O–H groups in total. The molecule has 9 heteroatoms. The van der Waals surface area contributed by atoms with Gasteiger partial charge in [0, 0.05) is 17.5 Å². The average Bonchev–Trinajstić information content (AvgIpc) is 3.06.